The lowest BCUT2D eigenvalue weighted by molar-refractivity contribution is 0.296. The van der Waals surface area contributed by atoms with Crippen LogP contribution in [0.15, 0.2) is 30.3 Å². The summed E-state index contributed by atoms with van der Waals surface area (Å²) in [6.45, 7) is 4.34. The van der Waals surface area contributed by atoms with E-state index in [4.69, 9.17) is 15.2 Å². The summed E-state index contributed by atoms with van der Waals surface area (Å²) in [5, 5.41) is 0. The molecule has 0 saturated heterocycles. The smallest absolute Gasteiger partial charge is 0.213 e. The minimum Gasteiger partial charge on any atom is -0.487 e. The molecule has 19 heavy (non-hydrogen) atoms. The molecule has 4 nitrogen and oxygen atoms in total. The molecule has 0 fully saturated rings. The number of benzene rings is 1. The van der Waals surface area contributed by atoms with Crippen LogP contribution in [-0.4, -0.2) is 12.1 Å². The fourth-order valence-electron chi connectivity index (χ4n) is 1.77. The van der Waals surface area contributed by atoms with Crippen molar-refractivity contribution in [3.05, 3.63) is 47.2 Å². The minimum absolute atomic E-state index is 0.404. The number of nitrogen functional groups attached to an aromatic ring is 1. The molecule has 1 aromatic heterocycles. The Bertz CT molecular complexity index is 582. The van der Waals surface area contributed by atoms with Crippen molar-refractivity contribution in [2.75, 3.05) is 12.8 Å². The van der Waals surface area contributed by atoms with Crippen LogP contribution in [-0.2, 0) is 6.61 Å². The van der Waals surface area contributed by atoms with E-state index in [1.807, 2.05) is 44.2 Å². The fourth-order valence-corrected chi connectivity index (χ4v) is 1.77. The third-order valence-electron chi connectivity index (χ3n) is 2.93. The zero-order valence-electron chi connectivity index (χ0n) is 11.4. The number of pyridine rings is 1. The van der Waals surface area contributed by atoms with E-state index in [2.05, 4.69) is 4.98 Å². The number of hydrogen-bond acceptors (Lipinski definition) is 4. The highest BCUT2D eigenvalue weighted by atomic mass is 16.5. The number of aromatic nitrogens is 1. The van der Waals surface area contributed by atoms with Gasteiger partial charge in [0.05, 0.1) is 12.8 Å². The molecule has 0 radical (unpaired) electrons. The number of anilines is 1. The molecule has 0 unspecified atom stereocenters. The molecule has 0 aliphatic rings. The number of methoxy groups -OCH3 is 1. The van der Waals surface area contributed by atoms with Gasteiger partial charge in [0.2, 0.25) is 5.88 Å². The van der Waals surface area contributed by atoms with Crippen molar-refractivity contribution in [2.45, 2.75) is 20.5 Å². The topological polar surface area (TPSA) is 57.4 Å². The van der Waals surface area contributed by atoms with Gasteiger partial charge in [0.1, 0.15) is 12.4 Å². The first kappa shape index (κ1) is 13.2. The Morgan fingerprint density at radius 3 is 2.68 bits per heavy atom. The average Bonchev–Trinajstić information content (AvgIpc) is 2.41. The molecule has 100 valence electrons. The molecule has 2 aromatic rings. The molecule has 1 aromatic carbocycles. The van der Waals surface area contributed by atoms with Crippen molar-refractivity contribution >= 4 is 5.69 Å². The average molecular weight is 258 g/mol. The van der Waals surface area contributed by atoms with Crippen LogP contribution in [0.1, 0.15) is 16.8 Å². The lowest BCUT2D eigenvalue weighted by atomic mass is 10.1. The number of ether oxygens (including phenoxy) is 2. The summed E-state index contributed by atoms with van der Waals surface area (Å²) in [5.41, 5.74) is 9.49. The first-order valence-electron chi connectivity index (χ1n) is 6.09. The summed E-state index contributed by atoms with van der Waals surface area (Å²) >= 11 is 0. The predicted molar refractivity (Wildman–Crippen MR) is 75.4 cm³/mol. The van der Waals surface area contributed by atoms with E-state index < -0.39 is 0 Å². The first-order valence-corrected chi connectivity index (χ1v) is 6.09. The Labute approximate surface area is 113 Å². The van der Waals surface area contributed by atoms with E-state index in [9.17, 15) is 0 Å². The molecule has 0 aliphatic heterocycles. The summed E-state index contributed by atoms with van der Waals surface area (Å²) in [5.74, 6) is 1.42. The second-order valence-corrected chi connectivity index (χ2v) is 4.43. The molecule has 4 heteroatoms. The number of nitrogens with two attached hydrogens (primary N) is 1. The van der Waals surface area contributed by atoms with Gasteiger partial charge in [-0.1, -0.05) is 6.07 Å². The molecule has 0 aliphatic carbocycles. The monoisotopic (exact) mass is 258 g/mol. The third-order valence-corrected chi connectivity index (χ3v) is 2.93. The molecular formula is C15H18N2O2. The molecular weight excluding hydrogens is 240 g/mol. The van der Waals surface area contributed by atoms with E-state index in [0.717, 1.165) is 28.3 Å². The van der Waals surface area contributed by atoms with E-state index in [1.165, 1.54) is 0 Å². The standard InChI is InChI=1S/C15H18N2O2/c1-10-8-14(11(2)7-13(10)16)19-9-12-5-4-6-15(17-12)18-3/h4-8H,9,16H2,1-3H3. The van der Waals surface area contributed by atoms with E-state index in [-0.39, 0.29) is 0 Å². The molecule has 1 heterocycles. The largest absolute Gasteiger partial charge is 0.487 e. The van der Waals surface area contributed by atoms with Crippen LogP contribution in [0.4, 0.5) is 5.69 Å². The second kappa shape index (κ2) is 5.61. The summed E-state index contributed by atoms with van der Waals surface area (Å²) in [6.07, 6.45) is 0. The maximum Gasteiger partial charge on any atom is 0.213 e. The van der Waals surface area contributed by atoms with Crippen molar-refractivity contribution in [3.63, 3.8) is 0 Å². The van der Waals surface area contributed by atoms with Crippen LogP contribution in [0.5, 0.6) is 11.6 Å². The minimum atomic E-state index is 0.404. The maximum atomic E-state index is 5.85. The predicted octanol–water partition coefficient (Wildman–Crippen LogP) is 2.87. The molecule has 0 spiro atoms. The molecule has 0 bridgehead atoms. The first-order chi connectivity index (χ1) is 9.10. The van der Waals surface area contributed by atoms with Crippen LogP contribution in [0.3, 0.4) is 0 Å². The van der Waals surface area contributed by atoms with Gasteiger partial charge in [-0.25, -0.2) is 4.98 Å². The van der Waals surface area contributed by atoms with Gasteiger partial charge in [-0.05, 0) is 43.2 Å². The number of rotatable bonds is 4. The Hall–Kier alpha value is -2.23. The number of nitrogens with zero attached hydrogens (tertiary/aromatic N) is 1. The van der Waals surface area contributed by atoms with Gasteiger partial charge in [0.15, 0.2) is 0 Å². The van der Waals surface area contributed by atoms with E-state index in [0.29, 0.717) is 12.5 Å². The zero-order chi connectivity index (χ0) is 13.8. The van der Waals surface area contributed by atoms with Crippen LogP contribution in [0, 0.1) is 13.8 Å². The third kappa shape index (κ3) is 3.16. The molecule has 2 rings (SSSR count). The van der Waals surface area contributed by atoms with Crippen molar-refractivity contribution in [3.8, 4) is 11.6 Å². The van der Waals surface area contributed by atoms with Gasteiger partial charge in [-0.3, -0.25) is 0 Å². The van der Waals surface area contributed by atoms with Crippen LogP contribution in [0.25, 0.3) is 0 Å². The van der Waals surface area contributed by atoms with Gasteiger partial charge in [-0.2, -0.15) is 0 Å². The highest BCUT2D eigenvalue weighted by Gasteiger charge is 2.05. The van der Waals surface area contributed by atoms with Gasteiger partial charge >= 0.3 is 0 Å². The zero-order valence-corrected chi connectivity index (χ0v) is 11.4. The van der Waals surface area contributed by atoms with Gasteiger partial charge in [0, 0.05) is 11.8 Å². The summed E-state index contributed by atoms with van der Waals surface area (Å²) in [7, 11) is 1.60. The molecule has 0 atom stereocenters. The fraction of sp³-hybridized carbons (Fsp3) is 0.267. The SMILES string of the molecule is COc1cccc(COc2cc(C)c(N)cc2C)n1. The maximum absolute atomic E-state index is 5.85. The Kier molecular flexibility index (Phi) is 3.90. The van der Waals surface area contributed by atoms with Crippen LogP contribution >= 0.6 is 0 Å². The summed E-state index contributed by atoms with van der Waals surface area (Å²) < 4.78 is 10.9. The lowest BCUT2D eigenvalue weighted by Gasteiger charge is -2.11. The van der Waals surface area contributed by atoms with Crippen molar-refractivity contribution < 1.29 is 9.47 Å². The Morgan fingerprint density at radius 2 is 1.95 bits per heavy atom. The van der Waals surface area contributed by atoms with Crippen molar-refractivity contribution in [1.82, 2.24) is 4.98 Å². The van der Waals surface area contributed by atoms with Gasteiger partial charge in [0.25, 0.3) is 0 Å². The summed E-state index contributed by atoms with van der Waals surface area (Å²) in [6, 6.07) is 9.48. The highest BCUT2D eigenvalue weighted by molar-refractivity contribution is 5.53. The van der Waals surface area contributed by atoms with Crippen LogP contribution < -0.4 is 15.2 Å². The summed E-state index contributed by atoms with van der Waals surface area (Å²) in [4.78, 5) is 4.30. The molecule has 2 N–H and O–H groups in total. The Balaban J connectivity index is 2.12. The van der Waals surface area contributed by atoms with E-state index >= 15 is 0 Å². The molecule has 0 amide bonds. The van der Waals surface area contributed by atoms with Crippen molar-refractivity contribution in [1.29, 1.82) is 0 Å². The van der Waals surface area contributed by atoms with Crippen LogP contribution in [0.2, 0.25) is 0 Å². The Morgan fingerprint density at radius 1 is 1.16 bits per heavy atom. The van der Waals surface area contributed by atoms with Gasteiger partial charge < -0.3 is 15.2 Å². The quantitative estimate of drug-likeness (QED) is 0.857. The lowest BCUT2D eigenvalue weighted by Crippen LogP contribution is -2.01. The van der Waals surface area contributed by atoms with Gasteiger partial charge in [-0.15, -0.1) is 0 Å². The number of hydrogen-bond donors (Lipinski definition) is 1. The van der Waals surface area contributed by atoms with E-state index in [1.54, 1.807) is 7.11 Å². The highest BCUT2D eigenvalue weighted by Crippen LogP contribution is 2.25. The van der Waals surface area contributed by atoms with Crippen molar-refractivity contribution in [2.24, 2.45) is 0 Å². The normalized spacial score (nSPS) is 10.3. The second-order valence-electron chi connectivity index (χ2n) is 4.43. The molecule has 0 saturated carbocycles. The number of aryl methyl sites for hydroxylation is 2.